The molecule has 0 aliphatic heterocycles. The Morgan fingerprint density at radius 1 is 1.29 bits per heavy atom. The molecule has 1 atom stereocenters. The van der Waals surface area contributed by atoms with Gasteiger partial charge in [0.2, 0.25) is 0 Å². The summed E-state index contributed by atoms with van der Waals surface area (Å²) in [4.78, 5) is 11.6. The molecule has 1 amide bonds. The van der Waals surface area contributed by atoms with E-state index in [0.29, 0.717) is 18.7 Å². The van der Waals surface area contributed by atoms with Crippen molar-refractivity contribution in [3.8, 4) is 0 Å². The van der Waals surface area contributed by atoms with Crippen molar-refractivity contribution in [1.82, 2.24) is 10.6 Å². The van der Waals surface area contributed by atoms with Gasteiger partial charge in [0.15, 0.2) is 0 Å². The smallest absolute Gasteiger partial charge is 0.251 e. The van der Waals surface area contributed by atoms with Crippen LogP contribution in [0.3, 0.4) is 0 Å². The molecular formula is C13H20N2O2. The van der Waals surface area contributed by atoms with Crippen molar-refractivity contribution in [3.05, 3.63) is 35.9 Å². The van der Waals surface area contributed by atoms with Gasteiger partial charge in [-0.2, -0.15) is 0 Å². The van der Waals surface area contributed by atoms with E-state index in [1.807, 2.05) is 18.2 Å². The predicted octanol–water partition coefficient (Wildman–Crippen LogP) is 0.777. The highest BCUT2D eigenvalue weighted by Crippen LogP contribution is 1.97. The molecular weight excluding hydrogens is 216 g/mol. The molecule has 0 spiro atoms. The van der Waals surface area contributed by atoms with Crippen LogP contribution in [0.25, 0.3) is 0 Å². The monoisotopic (exact) mass is 236 g/mol. The molecule has 4 heteroatoms. The van der Waals surface area contributed by atoms with Crippen LogP contribution >= 0.6 is 0 Å². The third-order valence-corrected chi connectivity index (χ3v) is 2.29. The van der Waals surface area contributed by atoms with Crippen LogP contribution < -0.4 is 10.6 Å². The van der Waals surface area contributed by atoms with E-state index in [2.05, 4.69) is 10.6 Å². The lowest BCUT2D eigenvalue weighted by Crippen LogP contribution is -2.29. The molecule has 0 aliphatic carbocycles. The minimum atomic E-state index is -0.325. The maximum absolute atomic E-state index is 11.6. The first kappa shape index (κ1) is 13.7. The fourth-order valence-electron chi connectivity index (χ4n) is 1.42. The molecule has 3 N–H and O–H groups in total. The van der Waals surface area contributed by atoms with Crippen LogP contribution in [-0.2, 0) is 0 Å². The minimum Gasteiger partial charge on any atom is -0.392 e. The van der Waals surface area contributed by atoms with Crippen LogP contribution in [0.1, 0.15) is 23.7 Å². The highest BCUT2D eigenvalue weighted by atomic mass is 16.3. The Balaban J connectivity index is 2.09. The Labute approximate surface area is 102 Å². The zero-order valence-electron chi connectivity index (χ0n) is 10.1. The van der Waals surface area contributed by atoms with Crippen LogP contribution in [0.4, 0.5) is 0 Å². The number of rotatable bonds is 7. The number of hydrogen-bond acceptors (Lipinski definition) is 3. The number of aliphatic hydroxyl groups excluding tert-OH is 1. The Morgan fingerprint density at radius 3 is 2.65 bits per heavy atom. The van der Waals surface area contributed by atoms with Gasteiger partial charge in [-0.05, 0) is 32.0 Å². The molecule has 4 nitrogen and oxygen atoms in total. The van der Waals surface area contributed by atoms with E-state index in [1.54, 1.807) is 19.1 Å². The topological polar surface area (TPSA) is 61.4 Å². The van der Waals surface area contributed by atoms with Gasteiger partial charge in [-0.15, -0.1) is 0 Å². The average Bonchev–Trinajstić information content (AvgIpc) is 2.34. The molecule has 94 valence electrons. The van der Waals surface area contributed by atoms with Gasteiger partial charge in [0.1, 0.15) is 0 Å². The molecule has 0 bridgehead atoms. The van der Waals surface area contributed by atoms with Crippen molar-refractivity contribution in [2.75, 3.05) is 19.6 Å². The van der Waals surface area contributed by atoms with Crippen molar-refractivity contribution < 1.29 is 9.90 Å². The second kappa shape index (κ2) is 7.81. The Morgan fingerprint density at radius 2 is 2.00 bits per heavy atom. The van der Waals surface area contributed by atoms with Crippen LogP contribution in [0.2, 0.25) is 0 Å². The summed E-state index contributed by atoms with van der Waals surface area (Å²) in [6.45, 7) is 3.76. The quantitative estimate of drug-likeness (QED) is 0.613. The van der Waals surface area contributed by atoms with E-state index in [0.717, 1.165) is 13.0 Å². The number of benzene rings is 1. The van der Waals surface area contributed by atoms with Crippen LogP contribution in [0, 0.1) is 0 Å². The zero-order valence-corrected chi connectivity index (χ0v) is 10.1. The average molecular weight is 236 g/mol. The molecule has 0 fully saturated rings. The third kappa shape index (κ3) is 6.04. The van der Waals surface area contributed by atoms with E-state index in [-0.39, 0.29) is 12.0 Å². The molecule has 1 rings (SSSR count). The first-order chi connectivity index (χ1) is 8.20. The minimum absolute atomic E-state index is 0.0406. The summed E-state index contributed by atoms with van der Waals surface area (Å²) in [5, 5.41) is 15.0. The standard InChI is InChI=1S/C13H20N2O2/c1-11(16)10-14-8-5-9-15-13(17)12-6-3-2-4-7-12/h2-4,6-7,11,14,16H,5,8-10H2,1H3,(H,15,17). The molecule has 0 aromatic heterocycles. The number of aliphatic hydroxyl groups is 1. The van der Waals surface area contributed by atoms with Gasteiger partial charge in [0, 0.05) is 18.7 Å². The van der Waals surface area contributed by atoms with Gasteiger partial charge >= 0.3 is 0 Å². The lowest BCUT2D eigenvalue weighted by atomic mass is 10.2. The summed E-state index contributed by atoms with van der Waals surface area (Å²) < 4.78 is 0. The van der Waals surface area contributed by atoms with Gasteiger partial charge < -0.3 is 15.7 Å². The van der Waals surface area contributed by atoms with E-state index < -0.39 is 0 Å². The lowest BCUT2D eigenvalue weighted by molar-refractivity contribution is 0.0953. The molecule has 0 heterocycles. The summed E-state index contributed by atoms with van der Waals surface area (Å²) in [5.41, 5.74) is 0.685. The summed E-state index contributed by atoms with van der Waals surface area (Å²) in [6.07, 6.45) is 0.527. The normalized spacial score (nSPS) is 12.1. The van der Waals surface area contributed by atoms with Crippen molar-refractivity contribution in [2.24, 2.45) is 0 Å². The first-order valence-corrected chi connectivity index (χ1v) is 5.92. The van der Waals surface area contributed by atoms with Gasteiger partial charge in [0.05, 0.1) is 6.10 Å². The van der Waals surface area contributed by atoms with E-state index in [4.69, 9.17) is 5.11 Å². The first-order valence-electron chi connectivity index (χ1n) is 5.92. The maximum atomic E-state index is 11.6. The summed E-state index contributed by atoms with van der Waals surface area (Å²) in [6, 6.07) is 9.16. The number of amides is 1. The Hall–Kier alpha value is -1.39. The number of hydrogen-bond donors (Lipinski definition) is 3. The lowest BCUT2D eigenvalue weighted by Gasteiger charge is -2.07. The molecule has 0 radical (unpaired) electrons. The number of nitrogens with one attached hydrogen (secondary N) is 2. The molecule has 0 saturated carbocycles. The van der Waals surface area contributed by atoms with Gasteiger partial charge in [-0.1, -0.05) is 18.2 Å². The fourth-order valence-corrected chi connectivity index (χ4v) is 1.42. The largest absolute Gasteiger partial charge is 0.392 e. The summed E-state index contributed by atoms with van der Waals surface area (Å²) in [5.74, 6) is -0.0406. The highest BCUT2D eigenvalue weighted by molar-refractivity contribution is 5.94. The predicted molar refractivity (Wildman–Crippen MR) is 67.9 cm³/mol. The molecule has 1 aromatic rings. The Kier molecular flexibility index (Phi) is 6.29. The van der Waals surface area contributed by atoms with Gasteiger partial charge in [-0.3, -0.25) is 4.79 Å². The molecule has 1 unspecified atom stereocenters. The van der Waals surface area contributed by atoms with E-state index in [1.165, 1.54) is 0 Å². The Bertz CT molecular complexity index is 325. The fraction of sp³-hybridized carbons (Fsp3) is 0.462. The van der Waals surface area contributed by atoms with Crippen molar-refractivity contribution in [2.45, 2.75) is 19.4 Å². The van der Waals surface area contributed by atoms with Gasteiger partial charge in [-0.25, -0.2) is 0 Å². The van der Waals surface area contributed by atoms with Crippen molar-refractivity contribution in [3.63, 3.8) is 0 Å². The molecule has 0 saturated heterocycles. The van der Waals surface area contributed by atoms with Gasteiger partial charge in [0.25, 0.3) is 5.91 Å². The third-order valence-electron chi connectivity index (χ3n) is 2.29. The highest BCUT2D eigenvalue weighted by Gasteiger charge is 2.02. The van der Waals surface area contributed by atoms with E-state index in [9.17, 15) is 4.79 Å². The summed E-state index contributed by atoms with van der Waals surface area (Å²) in [7, 11) is 0. The number of carbonyl (C=O) groups excluding carboxylic acids is 1. The van der Waals surface area contributed by atoms with Crippen LogP contribution in [0.5, 0.6) is 0 Å². The van der Waals surface area contributed by atoms with Crippen molar-refractivity contribution >= 4 is 5.91 Å². The van der Waals surface area contributed by atoms with Crippen LogP contribution in [-0.4, -0.2) is 36.8 Å². The summed E-state index contributed by atoms with van der Waals surface area (Å²) >= 11 is 0. The second-order valence-corrected chi connectivity index (χ2v) is 4.03. The van der Waals surface area contributed by atoms with Crippen LogP contribution in [0.15, 0.2) is 30.3 Å². The number of carbonyl (C=O) groups is 1. The maximum Gasteiger partial charge on any atom is 0.251 e. The SMILES string of the molecule is CC(O)CNCCCNC(=O)c1ccccc1. The molecule has 1 aromatic carbocycles. The zero-order chi connectivity index (χ0) is 12.5. The molecule has 17 heavy (non-hydrogen) atoms. The van der Waals surface area contributed by atoms with Crippen molar-refractivity contribution in [1.29, 1.82) is 0 Å². The van der Waals surface area contributed by atoms with E-state index >= 15 is 0 Å². The second-order valence-electron chi connectivity index (χ2n) is 4.03. The molecule has 0 aliphatic rings.